The Labute approximate surface area is 169 Å². The van der Waals surface area contributed by atoms with Crippen molar-refractivity contribution in [3.8, 4) is 5.75 Å². The van der Waals surface area contributed by atoms with E-state index in [2.05, 4.69) is 10.6 Å². The van der Waals surface area contributed by atoms with Gasteiger partial charge in [0, 0.05) is 18.8 Å². The van der Waals surface area contributed by atoms with Gasteiger partial charge >= 0.3 is 12.0 Å². The van der Waals surface area contributed by atoms with Crippen molar-refractivity contribution in [1.82, 2.24) is 15.5 Å². The summed E-state index contributed by atoms with van der Waals surface area (Å²) in [4.78, 5) is 26.9. The summed E-state index contributed by atoms with van der Waals surface area (Å²) in [5.74, 6) is 0.748. The molecule has 154 valence electrons. The van der Waals surface area contributed by atoms with Crippen LogP contribution in [-0.2, 0) is 16.1 Å². The maximum Gasteiger partial charge on any atom is 0.338 e. The highest BCUT2D eigenvalue weighted by Crippen LogP contribution is 2.28. The van der Waals surface area contributed by atoms with Crippen molar-refractivity contribution in [2.45, 2.75) is 19.5 Å². The van der Waals surface area contributed by atoms with Crippen molar-refractivity contribution in [2.75, 3.05) is 27.3 Å². The summed E-state index contributed by atoms with van der Waals surface area (Å²) < 4.78 is 15.9. The SMILES string of the molecule is CCOC(=O)C1=C(CN(C)Cc2cccc(OC)c2)NC(=O)N[C@@H]1c1ccco1. The monoisotopic (exact) mass is 399 g/mol. The first-order valence-electron chi connectivity index (χ1n) is 9.34. The van der Waals surface area contributed by atoms with Gasteiger partial charge in [-0.1, -0.05) is 12.1 Å². The number of amides is 2. The molecule has 2 aromatic rings. The maximum absolute atomic E-state index is 12.7. The minimum Gasteiger partial charge on any atom is -0.497 e. The Balaban J connectivity index is 1.87. The summed E-state index contributed by atoms with van der Waals surface area (Å²) in [6, 6.07) is 10.1. The zero-order valence-electron chi connectivity index (χ0n) is 16.7. The molecule has 0 spiro atoms. The first-order chi connectivity index (χ1) is 14.0. The van der Waals surface area contributed by atoms with Crippen molar-refractivity contribution < 1.29 is 23.5 Å². The fourth-order valence-electron chi connectivity index (χ4n) is 3.27. The number of urea groups is 1. The fourth-order valence-corrected chi connectivity index (χ4v) is 3.27. The van der Waals surface area contributed by atoms with E-state index in [-0.39, 0.29) is 6.61 Å². The molecule has 0 saturated carbocycles. The molecule has 29 heavy (non-hydrogen) atoms. The Morgan fingerprint density at radius 3 is 2.76 bits per heavy atom. The highest BCUT2D eigenvalue weighted by atomic mass is 16.5. The number of hydrogen-bond acceptors (Lipinski definition) is 6. The summed E-state index contributed by atoms with van der Waals surface area (Å²) in [7, 11) is 3.53. The maximum atomic E-state index is 12.7. The molecule has 1 aliphatic heterocycles. The van der Waals surface area contributed by atoms with Crippen LogP contribution in [0.1, 0.15) is 24.3 Å². The van der Waals surface area contributed by atoms with E-state index in [4.69, 9.17) is 13.9 Å². The van der Waals surface area contributed by atoms with Crippen molar-refractivity contribution in [3.63, 3.8) is 0 Å². The number of nitrogens with one attached hydrogen (secondary N) is 2. The third-order valence-electron chi connectivity index (χ3n) is 4.49. The van der Waals surface area contributed by atoms with Crippen LogP contribution in [0.2, 0.25) is 0 Å². The Hall–Kier alpha value is -3.26. The number of rotatable bonds is 8. The number of methoxy groups -OCH3 is 1. The van der Waals surface area contributed by atoms with Crippen molar-refractivity contribution in [3.05, 3.63) is 65.3 Å². The van der Waals surface area contributed by atoms with E-state index >= 15 is 0 Å². The second kappa shape index (κ2) is 9.29. The molecular weight excluding hydrogens is 374 g/mol. The van der Waals surface area contributed by atoms with Gasteiger partial charge in [0.2, 0.25) is 0 Å². The van der Waals surface area contributed by atoms with Gasteiger partial charge in [-0.2, -0.15) is 0 Å². The molecule has 8 nitrogen and oxygen atoms in total. The van der Waals surface area contributed by atoms with Gasteiger partial charge in [0.05, 0.1) is 25.6 Å². The lowest BCUT2D eigenvalue weighted by Crippen LogP contribution is -2.48. The van der Waals surface area contributed by atoms with Crippen molar-refractivity contribution in [1.29, 1.82) is 0 Å². The summed E-state index contributed by atoms with van der Waals surface area (Å²) in [6.45, 7) is 2.92. The third-order valence-corrected chi connectivity index (χ3v) is 4.49. The molecule has 0 radical (unpaired) electrons. The Morgan fingerprint density at radius 2 is 2.07 bits per heavy atom. The number of benzene rings is 1. The standard InChI is InChI=1S/C21H25N3O5/c1-4-28-20(25)18-16(22-21(26)23-19(18)17-9-6-10-29-17)13-24(2)12-14-7-5-8-15(11-14)27-3/h5-11,19H,4,12-13H2,1-3H3,(H2,22,23,26)/t19-/m1/s1. The molecular formula is C21H25N3O5. The predicted molar refractivity (Wildman–Crippen MR) is 106 cm³/mol. The number of carbonyl (C=O) groups is 2. The van der Waals surface area contributed by atoms with Crippen LogP contribution in [0, 0.1) is 0 Å². The number of ether oxygens (including phenoxy) is 2. The molecule has 3 rings (SSSR count). The molecule has 0 fully saturated rings. The number of hydrogen-bond donors (Lipinski definition) is 2. The lowest BCUT2D eigenvalue weighted by Gasteiger charge is -2.30. The Morgan fingerprint density at radius 1 is 1.24 bits per heavy atom. The van der Waals surface area contributed by atoms with Crippen LogP contribution in [0.15, 0.2) is 58.3 Å². The fraction of sp³-hybridized carbons (Fsp3) is 0.333. The average molecular weight is 399 g/mol. The molecule has 0 unspecified atom stereocenters. The first-order valence-corrected chi connectivity index (χ1v) is 9.34. The van der Waals surface area contributed by atoms with E-state index in [0.717, 1.165) is 11.3 Å². The van der Waals surface area contributed by atoms with Gasteiger partial charge in [0.25, 0.3) is 0 Å². The van der Waals surface area contributed by atoms with E-state index in [9.17, 15) is 9.59 Å². The molecule has 1 atom stereocenters. The van der Waals surface area contributed by atoms with E-state index in [1.54, 1.807) is 26.2 Å². The molecule has 8 heteroatoms. The van der Waals surface area contributed by atoms with E-state index < -0.39 is 18.0 Å². The van der Waals surface area contributed by atoms with Crippen LogP contribution in [-0.4, -0.2) is 44.2 Å². The molecule has 0 bridgehead atoms. The number of furan rings is 1. The number of likely N-dealkylation sites (N-methyl/N-ethyl adjacent to an activating group) is 1. The Kier molecular flexibility index (Phi) is 6.56. The van der Waals surface area contributed by atoms with Crippen LogP contribution in [0.4, 0.5) is 4.79 Å². The van der Waals surface area contributed by atoms with Crippen LogP contribution < -0.4 is 15.4 Å². The topological polar surface area (TPSA) is 93.0 Å². The molecule has 1 aromatic carbocycles. The second-order valence-electron chi connectivity index (χ2n) is 6.68. The number of nitrogens with zero attached hydrogens (tertiary/aromatic N) is 1. The largest absolute Gasteiger partial charge is 0.497 e. The van der Waals surface area contributed by atoms with Gasteiger partial charge in [-0.15, -0.1) is 0 Å². The second-order valence-corrected chi connectivity index (χ2v) is 6.68. The van der Waals surface area contributed by atoms with Crippen LogP contribution >= 0.6 is 0 Å². The van der Waals surface area contributed by atoms with Crippen LogP contribution in [0.5, 0.6) is 5.75 Å². The van der Waals surface area contributed by atoms with Crippen molar-refractivity contribution in [2.24, 2.45) is 0 Å². The molecule has 2 heterocycles. The molecule has 2 N–H and O–H groups in total. The summed E-state index contributed by atoms with van der Waals surface area (Å²) in [5, 5.41) is 5.50. The zero-order chi connectivity index (χ0) is 20.8. The quantitative estimate of drug-likeness (QED) is 0.663. The smallest absolute Gasteiger partial charge is 0.338 e. The van der Waals surface area contributed by atoms with Gasteiger partial charge in [0.15, 0.2) is 0 Å². The minimum absolute atomic E-state index is 0.230. The molecule has 0 saturated heterocycles. The zero-order valence-corrected chi connectivity index (χ0v) is 16.7. The van der Waals surface area contributed by atoms with E-state index in [1.807, 2.05) is 36.2 Å². The first kappa shape index (κ1) is 20.5. The molecule has 1 aliphatic rings. The lowest BCUT2D eigenvalue weighted by molar-refractivity contribution is -0.139. The van der Waals surface area contributed by atoms with Gasteiger partial charge in [-0.05, 0) is 43.8 Å². The third kappa shape index (κ3) is 4.97. The van der Waals surface area contributed by atoms with Gasteiger partial charge in [-0.3, -0.25) is 4.90 Å². The molecule has 0 aliphatic carbocycles. The highest BCUT2D eigenvalue weighted by Gasteiger charge is 2.35. The van der Waals surface area contributed by atoms with Crippen LogP contribution in [0.25, 0.3) is 0 Å². The number of carbonyl (C=O) groups excluding carboxylic acids is 2. The molecule has 1 aromatic heterocycles. The van der Waals surface area contributed by atoms with E-state index in [0.29, 0.717) is 30.1 Å². The van der Waals surface area contributed by atoms with E-state index in [1.165, 1.54) is 6.26 Å². The highest BCUT2D eigenvalue weighted by molar-refractivity contribution is 5.95. The van der Waals surface area contributed by atoms with Gasteiger partial charge < -0.3 is 24.5 Å². The number of esters is 1. The summed E-state index contributed by atoms with van der Waals surface area (Å²) in [5.41, 5.74) is 1.87. The van der Waals surface area contributed by atoms with Crippen molar-refractivity contribution >= 4 is 12.0 Å². The normalized spacial score (nSPS) is 16.4. The predicted octanol–water partition coefficient (Wildman–Crippen LogP) is 2.59. The summed E-state index contributed by atoms with van der Waals surface area (Å²) in [6.07, 6.45) is 1.50. The minimum atomic E-state index is -0.710. The Bertz CT molecular complexity index is 891. The average Bonchev–Trinajstić information content (AvgIpc) is 3.22. The van der Waals surface area contributed by atoms with Gasteiger partial charge in [-0.25, -0.2) is 9.59 Å². The summed E-state index contributed by atoms with van der Waals surface area (Å²) >= 11 is 0. The van der Waals surface area contributed by atoms with Gasteiger partial charge in [0.1, 0.15) is 17.6 Å². The van der Waals surface area contributed by atoms with Crippen LogP contribution in [0.3, 0.4) is 0 Å². The molecule has 2 amide bonds. The lowest BCUT2D eigenvalue weighted by atomic mass is 10.00.